The Morgan fingerprint density at radius 3 is 1.14 bits per heavy atom. The molecule has 0 saturated carbocycles. The third kappa shape index (κ3) is 6.32. The van der Waals surface area contributed by atoms with Gasteiger partial charge in [0.2, 0.25) is 0 Å². The fourth-order valence-corrected chi connectivity index (χ4v) is 0. The van der Waals surface area contributed by atoms with E-state index < -0.39 is 0 Å². The van der Waals surface area contributed by atoms with Crippen molar-refractivity contribution in [3.05, 3.63) is 38.2 Å². The number of hydrogen-bond acceptors (Lipinski definition) is 0. The molecule has 0 heterocycles. The molecule has 0 aliphatic carbocycles. The van der Waals surface area contributed by atoms with Gasteiger partial charge < -0.3 is 11.1 Å². The van der Waals surface area contributed by atoms with Crippen LogP contribution >= 0.6 is 0 Å². The largest absolute Gasteiger partial charge is 0.307 e. The van der Waals surface area contributed by atoms with E-state index in [1.54, 1.807) is 0 Å². The summed E-state index contributed by atoms with van der Waals surface area (Å²) in [4.78, 5) is 0. The van der Waals surface area contributed by atoms with Gasteiger partial charge in [-0.25, -0.2) is 0 Å². The minimum Gasteiger partial charge on any atom is -0.307 e. The van der Waals surface area contributed by atoms with Gasteiger partial charge in [-0.1, -0.05) is 0 Å². The van der Waals surface area contributed by atoms with E-state index in [1.165, 1.54) is 0 Å². The second-order valence-corrected chi connectivity index (χ2v) is 1.21. The topological polar surface area (TPSA) is 0 Å². The van der Waals surface area contributed by atoms with Crippen molar-refractivity contribution >= 4 is 0 Å². The standard InChI is InChI=1S/C6H8.Y/c1-5(2)6(3)4;/h1-4H2;/q-2;. The van der Waals surface area contributed by atoms with Crippen LogP contribution in [0.1, 0.15) is 0 Å². The van der Waals surface area contributed by atoms with E-state index in [1.807, 2.05) is 0 Å². The Balaban J connectivity index is 0. The number of allylic oxidation sites excluding steroid dienone is 2. The Morgan fingerprint density at radius 1 is 1.00 bits per heavy atom. The molecule has 7 heavy (non-hydrogen) atoms. The van der Waals surface area contributed by atoms with Crippen molar-refractivity contribution in [1.29, 1.82) is 0 Å². The fourth-order valence-electron chi connectivity index (χ4n) is 0. The predicted octanol–water partition coefficient (Wildman–Crippen LogP) is 1.76. The van der Waals surface area contributed by atoms with Crippen LogP contribution in [0.5, 0.6) is 0 Å². The van der Waals surface area contributed by atoms with E-state index in [0.717, 1.165) is 0 Å². The van der Waals surface area contributed by atoms with Crippen LogP contribution in [0.2, 0.25) is 0 Å². The van der Waals surface area contributed by atoms with Gasteiger partial charge in [0.25, 0.3) is 0 Å². The van der Waals surface area contributed by atoms with E-state index in [4.69, 9.17) is 0 Å². The molecule has 0 aromatic carbocycles. The van der Waals surface area contributed by atoms with Crippen LogP contribution in [0.15, 0.2) is 24.3 Å². The van der Waals surface area contributed by atoms with Gasteiger partial charge in [-0.05, 0) is 0 Å². The van der Waals surface area contributed by atoms with Gasteiger partial charge in [-0.3, -0.25) is 27.0 Å². The zero-order valence-electron chi connectivity index (χ0n) is 4.41. The molecule has 0 nitrogen and oxygen atoms in total. The minimum atomic E-state index is 0. The number of hydrogen-bond donors (Lipinski definition) is 0. The molecule has 0 N–H and O–H groups in total. The van der Waals surface area contributed by atoms with E-state index in [2.05, 4.69) is 27.0 Å². The van der Waals surface area contributed by atoms with Crippen LogP contribution in [0.4, 0.5) is 0 Å². The predicted molar refractivity (Wildman–Crippen MR) is 29.0 cm³/mol. The molecule has 0 saturated heterocycles. The van der Waals surface area contributed by atoms with Gasteiger partial charge in [-0.15, -0.1) is 0 Å². The zero-order valence-corrected chi connectivity index (χ0v) is 7.24. The third-order valence-electron chi connectivity index (χ3n) is 0.500. The van der Waals surface area contributed by atoms with Crippen molar-refractivity contribution in [2.75, 3.05) is 0 Å². The molecular weight excluding hydrogens is 161 g/mol. The SMILES string of the molecule is C=C([CH2-])C(=C)[CH2-].[Y]. The van der Waals surface area contributed by atoms with Crippen molar-refractivity contribution in [2.45, 2.75) is 0 Å². The molecule has 37 valence electrons. The van der Waals surface area contributed by atoms with Crippen LogP contribution in [-0.2, 0) is 32.7 Å². The molecule has 0 bridgehead atoms. The summed E-state index contributed by atoms with van der Waals surface area (Å²) in [6.45, 7) is 13.9. The summed E-state index contributed by atoms with van der Waals surface area (Å²) in [5, 5.41) is 0. The maximum atomic E-state index is 3.48. The van der Waals surface area contributed by atoms with Crippen LogP contribution in [0.3, 0.4) is 0 Å². The quantitative estimate of drug-likeness (QED) is 0.414. The van der Waals surface area contributed by atoms with Gasteiger partial charge >= 0.3 is 0 Å². The second kappa shape index (κ2) is 4.48. The van der Waals surface area contributed by atoms with E-state index in [0.29, 0.717) is 11.1 Å². The Bertz CT molecular complexity index is 70.2. The van der Waals surface area contributed by atoms with Gasteiger partial charge in [0.15, 0.2) is 0 Å². The molecule has 0 aliphatic rings. The summed E-state index contributed by atoms with van der Waals surface area (Å²) in [6.07, 6.45) is 0. The first-order valence-corrected chi connectivity index (χ1v) is 1.66. The van der Waals surface area contributed by atoms with Gasteiger partial charge in [0.1, 0.15) is 0 Å². The Hall–Kier alpha value is 0.324. The summed E-state index contributed by atoms with van der Waals surface area (Å²) in [7, 11) is 0. The van der Waals surface area contributed by atoms with Crippen molar-refractivity contribution < 1.29 is 32.7 Å². The van der Waals surface area contributed by atoms with E-state index >= 15 is 0 Å². The molecule has 1 radical (unpaired) electrons. The molecule has 0 aliphatic heterocycles. The summed E-state index contributed by atoms with van der Waals surface area (Å²) in [6, 6.07) is 0. The van der Waals surface area contributed by atoms with Crippen LogP contribution in [0, 0.1) is 13.8 Å². The van der Waals surface area contributed by atoms with Gasteiger partial charge in [-0.2, -0.15) is 0 Å². The molecule has 0 unspecified atom stereocenters. The Labute approximate surface area is 70.6 Å². The molecule has 0 amide bonds. The normalized spacial score (nSPS) is 6.29. The van der Waals surface area contributed by atoms with Crippen molar-refractivity contribution in [2.24, 2.45) is 0 Å². The summed E-state index contributed by atoms with van der Waals surface area (Å²) < 4.78 is 0. The molecular formula is C6H8Y-2. The summed E-state index contributed by atoms with van der Waals surface area (Å²) in [5.74, 6) is 0. The van der Waals surface area contributed by atoms with Crippen LogP contribution in [0.25, 0.3) is 0 Å². The summed E-state index contributed by atoms with van der Waals surface area (Å²) >= 11 is 0. The van der Waals surface area contributed by atoms with Crippen LogP contribution in [-0.4, -0.2) is 0 Å². The molecule has 0 aromatic rings. The maximum absolute atomic E-state index is 3.48. The smallest absolute Gasteiger partial charge is 0 e. The van der Waals surface area contributed by atoms with Crippen molar-refractivity contribution in [1.82, 2.24) is 0 Å². The Kier molecular flexibility index (Phi) is 6.62. The maximum Gasteiger partial charge on any atom is 0 e. The molecule has 0 atom stereocenters. The third-order valence-corrected chi connectivity index (χ3v) is 0.500. The summed E-state index contributed by atoms with van der Waals surface area (Å²) in [5.41, 5.74) is 1.41. The van der Waals surface area contributed by atoms with E-state index in [9.17, 15) is 0 Å². The number of rotatable bonds is 1. The second-order valence-electron chi connectivity index (χ2n) is 1.21. The minimum absolute atomic E-state index is 0. The average molecular weight is 169 g/mol. The zero-order chi connectivity index (χ0) is 5.15. The first kappa shape index (κ1) is 10.3. The van der Waals surface area contributed by atoms with Crippen molar-refractivity contribution in [3.63, 3.8) is 0 Å². The van der Waals surface area contributed by atoms with Gasteiger partial charge in [0.05, 0.1) is 0 Å². The molecule has 0 spiro atoms. The van der Waals surface area contributed by atoms with E-state index in [-0.39, 0.29) is 32.7 Å². The van der Waals surface area contributed by atoms with Crippen LogP contribution < -0.4 is 0 Å². The fraction of sp³-hybridized carbons (Fsp3) is 0. The van der Waals surface area contributed by atoms with Gasteiger partial charge in [0, 0.05) is 32.7 Å². The molecule has 0 aromatic heterocycles. The molecule has 0 rings (SSSR count). The first-order valence-electron chi connectivity index (χ1n) is 1.66. The molecule has 0 fully saturated rings. The molecule has 1 heteroatoms. The monoisotopic (exact) mass is 169 g/mol. The Morgan fingerprint density at radius 2 is 1.14 bits per heavy atom. The average Bonchev–Trinajstić information content (AvgIpc) is 1.36. The van der Waals surface area contributed by atoms with Crippen molar-refractivity contribution in [3.8, 4) is 0 Å². The first-order chi connectivity index (χ1) is 2.64.